The molecule has 1 fully saturated rings. The van der Waals surface area contributed by atoms with Crippen LogP contribution in [0.15, 0.2) is 58.9 Å². The number of aryl methyl sites for hydroxylation is 1. The standard InChI is InChI=1S/C26H30ClN5O3S2/c1-18-17-30(22-6-8-23(9-7-22)37(34,35)29-26-28-11-15-36-26)13-14-31(18)25(33)19(2)32-12-3-4-20-16-21(27)5-10-24(20)32/h5-11,15-16,18-19H,3-4,12-14,17H2,1-2H3,(H,28,29)/t18?,19-/m0/s1. The van der Waals surface area contributed by atoms with Crippen LogP contribution < -0.4 is 14.5 Å². The quantitative estimate of drug-likeness (QED) is 0.479. The maximum Gasteiger partial charge on any atom is 0.263 e. The van der Waals surface area contributed by atoms with Crippen molar-refractivity contribution in [3.05, 3.63) is 64.6 Å². The molecule has 8 nitrogen and oxygen atoms in total. The lowest BCUT2D eigenvalue weighted by atomic mass is 9.99. The summed E-state index contributed by atoms with van der Waals surface area (Å²) in [6.45, 7) is 6.87. The number of anilines is 3. The molecule has 196 valence electrons. The first-order valence-corrected chi connectivity index (χ1v) is 15.1. The lowest BCUT2D eigenvalue weighted by Crippen LogP contribution is -2.58. The Hall–Kier alpha value is -2.82. The molecule has 1 N–H and O–H groups in total. The molecule has 2 aromatic carbocycles. The number of aromatic nitrogens is 1. The molecular formula is C26H30ClN5O3S2. The van der Waals surface area contributed by atoms with Gasteiger partial charge in [-0.3, -0.25) is 9.52 Å². The van der Waals surface area contributed by atoms with Crippen molar-refractivity contribution >= 4 is 55.4 Å². The van der Waals surface area contributed by atoms with E-state index in [4.69, 9.17) is 11.6 Å². The molecule has 5 rings (SSSR count). The second-order valence-corrected chi connectivity index (χ2v) is 12.5. The van der Waals surface area contributed by atoms with Gasteiger partial charge in [-0.2, -0.15) is 0 Å². The number of piperazine rings is 1. The topological polar surface area (TPSA) is 85.9 Å². The van der Waals surface area contributed by atoms with Gasteiger partial charge in [0.2, 0.25) is 5.91 Å². The van der Waals surface area contributed by atoms with E-state index in [0.717, 1.165) is 35.8 Å². The zero-order chi connectivity index (χ0) is 26.2. The van der Waals surface area contributed by atoms with Gasteiger partial charge >= 0.3 is 0 Å². The lowest BCUT2D eigenvalue weighted by Gasteiger charge is -2.44. The van der Waals surface area contributed by atoms with E-state index in [1.807, 2.05) is 42.2 Å². The first-order chi connectivity index (χ1) is 17.7. The minimum atomic E-state index is -3.69. The van der Waals surface area contributed by atoms with Crippen molar-refractivity contribution in [2.45, 2.75) is 43.7 Å². The molecule has 3 heterocycles. The third-order valence-electron chi connectivity index (χ3n) is 7.10. The predicted molar refractivity (Wildman–Crippen MR) is 149 cm³/mol. The first kappa shape index (κ1) is 25.8. The third kappa shape index (κ3) is 5.42. The van der Waals surface area contributed by atoms with Crippen molar-refractivity contribution in [3.8, 4) is 0 Å². The maximum atomic E-state index is 13.6. The van der Waals surface area contributed by atoms with Gasteiger partial charge in [0.25, 0.3) is 10.0 Å². The number of rotatable bonds is 6. The summed E-state index contributed by atoms with van der Waals surface area (Å²) in [5, 5.41) is 2.78. The molecule has 1 unspecified atom stereocenters. The second-order valence-electron chi connectivity index (χ2n) is 9.51. The summed E-state index contributed by atoms with van der Waals surface area (Å²) >= 11 is 7.43. The minimum absolute atomic E-state index is 0.0214. The maximum absolute atomic E-state index is 13.6. The van der Waals surface area contributed by atoms with Crippen LogP contribution in [0.3, 0.4) is 0 Å². The molecule has 11 heteroatoms. The van der Waals surface area contributed by atoms with Gasteiger partial charge in [-0.05, 0) is 74.7 Å². The van der Waals surface area contributed by atoms with E-state index in [2.05, 4.69) is 26.4 Å². The van der Waals surface area contributed by atoms with Crippen LogP contribution in [0.4, 0.5) is 16.5 Å². The number of fused-ring (bicyclic) bond motifs is 1. The number of hydrogen-bond acceptors (Lipinski definition) is 7. The van der Waals surface area contributed by atoms with Crippen molar-refractivity contribution in [1.29, 1.82) is 0 Å². The molecule has 2 aliphatic heterocycles. The van der Waals surface area contributed by atoms with Crippen molar-refractivity contribution in [1.82, 2.24) is 9.88 Å². The molecule has 0 radical (unpaired) electrons. The van der Waals surface area contributed by atoms with Crippen LogP contribution in [0.25, 0.3) is 0 Å². The van der Waals surface area contributed by atoms with Crippen LogP contribution >= 0.6 is 22.9 Å². The largest absolute Gasteiger partial charge is 0.368 e. The average Bonchev–Trinajstić information content (AvgIpc) is 3.39. The number of carbonyl (C=O) groups is 1. The van der Waals surface area contributed by atoms with E-state index >= 15 is 0 Å². The smallest absolute Gasteiger partial charge is 0.263 e. The van der Waals surface area contributed by atoms with E-state index in [9.17, 15) is 13.2 Å². The van der Waals surface area contributed by atoms with E-state index in [0.29, 0.717) is 24.8 Å². The average molecular weight is 560 g/mol. The van der Waals surface area contributed by atoms with Gasteiger partial charge in [-0.15, -0.1) is 11.3 Å². The van der Waals surface area contributed by atoms with E-state index in [-0.39, 0.29) is 22.9 Å². The van der Waals surface area contributed by atoms with Crippen molar-refractivity contribution < 1.29 is 13.2 Å². The number of carbonyl (C=O) groups excluding carboxylic acids is 1. The Morgan fingerprint density at radius 3 is 2.65 bits per heavy atom. The fourth-order valence-corrected chi connectivity index (χ4v) is 7.16. The van der Waals surface area contributed by atoms with Crippen LogP contribution in [0.1, 0.15) is 25.8 Å². The zero-order valence-corrected chi connectivity index (χ0v) is 23.2. The third-order valence-corrected chi connectivity index (χ3v) is 9.51. The molecule has 0 spiro atoms. The summed E-state index contributed by atoms with van der Waals surface area (Å²) in [5.74, 6) is 0.129. The number of sulfonamides is 1. The van der Waals surface area contributed by atoms with Crippen LogP contribution in [-0.4, -0.2) is 62.5 Å². The molecule has 1 saturated heterocycles. The highest BCUT2D eigenvalue weighted by Gasteiger charge is 2.34. The number of hydrogen-bond donors (Lipinski definition) is 1. The van der Waals surface area contributed by atoms with Crippen molar-refractivity contribution in [2.24, 2.45) is 0 Å². The highest BCUT2D eigenvalue weighted by Crippen LogP contribution is 2.32. The number of nitrogens with one attached hydrogen (secondary N) is 1. The van der Waals surface area contributed by atoms with Gasteiger partial charge in [-0.25, -0.2) is 13.4 Å². The summed E-state index contributed by atoms with van der Waals surface area (Å²) in [7, 11) is -3.69. The summed E-state index contributed by atoms with van der Waals surface area (Å²) in [6, 6.07) is 12.5. The van der Waals surface area contributed by atoms with E-state index in [1.165, 1.54) is 16.9 Å². The highest BCUT2D eigenvalue weighted by atomic mass is 35.5. The molecule has 1 aromatic heterocycles. The Morgan fingerprint density at radius 2 is 1.95 bits per heavy atom. The SMILES string of the molecule is CC1CN(c2ccc(S(=O)(=O)Nc3nccs3)cc2)CCN1C(=O)[C@H](C)N1CCCc2cc(Cl)ccc21. The molecule has 1 amide bonds. The molecular weight excluding hydrogens is 530 g/mol. The monoisotopic (exact) mass is 559 g/mol. The van der Waals surface area contributed by atoms with E-state index < -0.39 is 10.0 Å². The summed E-state index contributed by atoms with van der Waals surface area (Å²) in [6.07, 6.45) is 3.53. The van der Waals surface area contributed by atoms with Crippen LogP contribution in [-0.2, 0) is 21.2 Å². The summed E-state index contributed by atoms with van der Waals surface area (Å²) in [5.41, 5.74) is 3.23. The molecule has 0 saturated carbocycles. The van der Waals surface area contributed by atoms with Crippen LogP contribution in [0, 0.1) is 0 Å². The highest BCUT2D eigenvalue weighted by molar-refractivity contribution is 7.93. The predicted octanol–water partition coefficient (Wildman–Crippen LogP) is 4.48. The normalized spacial score (nSPS) is 18.9. The molecule has 0 bridgehead atoms. The fraction of sp³-hybridized carbons (Fsp3) is 0.385. The summed E-state index contributed by atoms with van der Waals surface area (Å²) in [4.78, 5) is 24.1. The number of benzene rings is 2. The van der Waals surface area contributed by atoms with Gasteiger partial charge in [0.1, 0.15) is 6.04 Å². The Morgan fingerprint density at radius 1 is 1.16 bits per heavy atom. The number of nitrogens with zero attached hydrogens (tertiary/aromatic N) is 4. The second kappa shape index (κ2) is 10.5. The molecule has 2 atom stereocenters. The number of thiazole rings is 1. The van der Waals surface area contributed by atoms with Gasteiger partial charge in [0.15, 0.2) is 5.13 Å². The Bertz CT molecular complexity index is 1370. The number of halogens is 1. The van der Waals surface area contributed by atoms with Gasteiger partial charge in [0, 0.05) is 60.2 Å². The zero-order valence-electron chi connectivity index (χ0n) is 20.8. The first-order valence-electron chi connectivity index (χ1n) is 12.4. The Labute approximate surface area is 226 Å². The number of amides is 1. The van der Waals surface area contributed by atoms with Gasteiger partial charge < -0.3 is 14.7 Å². The van der Waals surface area contributed by atoms with Gasteiger partial charge in [-0.1, -0.05) is 11.6 Å². The minimum Gasteiger partial charge on any atom is -0.368 e. The summed E-state index contributed by atoms with van der Waals surface area (Å²) < 4.78 is 27.8. The van der Waals surface area contributed by atoms with Crippen molar-refractivity contribution in [3.63, 3.8) is 0 Å². The van der Waals surface area contributed by atoms with E-state index in [1.54, 1.807) is 23.7 Å². The van der Waals surface area contributed by atoms with Gasteiger partial charge in [0.05, 0.1) is 4.90 Å². The molecule has 3 aromatic rings. The van der Waals surface area contributed by atoms with Crippen LogP contribution in [0.2, 0.25) is 5.02 Å². The van der Waals surface area contributed by atoms with Crippen LogP contribution in [0.5, 0.6) is 0 Å². The Balaban J connectivity index is 1.23. The molecule has 0 aliphatic carbocycles. The lowest BCUT2D eigenvalue weighted by molar-refractivity contribution is -0.134. The molecule has 2 aliphatic rings. The van der Waals surface area contributed by atoms with Crippen molar-refractivity contribution in [2.75, 3.05) is 40.7 Å². The fourth-order valence-electron chi connectivity index (χ4n) is 5.17. The Kier molecular flexibility index (Phi) is 7.33. The molecule has 37 heavy (non-hydrogen) atoms.